The maximum Gasteiger partial charge on any atom is 0.304 e. The van der Waals surface area contributed by atoms with Gasteiger partial charge in [0, 0.05) is 64.0 Å². The van der Waals surface area contributed by atoms with Crippen LogP contribution >= 0.6 is 0 Å². The summed E-state index contributed by atoms with van der Waals surface area (Å²) in [4.78, 5) is 15.4. The molecule has 178 valence electrons. The molecule has 33 heavy (non-hydrogen) atoms. The first-order valence-corrected chi connectivity index (χ1v) is 12.8. The quantitative estimate of drug-likeness (QED) is 0.618. The smallest absolute Gasteiger partial charge is 0.304 e. The standard InChI is InChI=1S/C24H31FN4O3S/c1-19(30)27-13-15-28(16-14-27)23-12-11-20(24(25)17-23)18-29(22-9-6-10-22)33(31,32)26(2)21-7-4-3-5-8-21/h3-5,7-8,11-12,17,22H,6,9-10,13-16,18H2,1-2H3. The van der Waals surface area contributed by atoms with Crippen molar-refractivity contribution in [1.82, 2.24) is 9.21 Å². The lowest BCUT2D eigenvalue weighted by Gasteiger charge is -2.39. The van der Waals surface area contributed by atoms with Crippen LogP contribution in [0.5, 0.6) is 0 Å². The Kier molecular flexibility index (Phi) is 6.90. The van der Waals surface area contributed by atoms with E-state index in [0.29, 0.717) is 37.4 Å². The number of benzene rings is 2. The van der Waals surface area contributed by atoms with Gasteiger partial charge in [-0.1, -0.05) is 30.7 Å². The zero-order chi connectivity index (χ0) is 23.6. The fraction of sp³-hybridized carbons (Fsp3) is 0.458. The Hall–Kier alpha value is -2.65. The SMILES string of the molecule is CC(=O)N1CCN(c2ccc(CN(C3CCC3)S(=O)(=O)N(C)c3ccccc3)c(F)c2)CC1. The summed E-state index contributed by atoms with van der Waals surface area (Å²) in [6.07, 6.45) is 2.53. The molecule has 1 aliphatic carbocycles. The summed E-state index contributed by atoms with van der Waals surface area (Å²) in [6, 6.07) is 13.8. The second kappa shape index (κ2) is 9.69. The number of halogens is 1. The van der Waals surface area contributed by atoms with E-state index in [1.165, 1.54) is 21.7 Å². The highest BCUT2D eigenvalue weighted by atomic mass is 32.2. The fourth-order valence-corrected chi connectivity index (χ4v) is 5.90. The van der Waals surface area contributed by atoms with Gasteiger partial charge in [0.25, 0.3) is 0 Å². The Morgan fingerprint density at radius 2 is 1.73 bits per heavy atom. The first kappa shape index (κ1) is 23.5. The minimum atomic E-state index is -3.82. The van der Waals surface area contributed by atoms with Gasteiger partial charge in [0.1, 0.15) is 5.82 Å². The number of carbonyl (C=O) groups excluding carboxylic acids is 1. The Bertz CT molecular complexity index is 1080. The third-order valence-electron chi connectivity index (χ3n) is 6.70. The van der Waals surface area contributed by atoms with Gasteiger partial charge in [-0.3, -0.25) is 9.10 Å². The van der Waals surface area contributed by atoms with Crippen molar-refractivity contribution < 1.29 is 17.6 Å². The Balaban J connectivity index is 1.52. The number of amides is 1. The Morgan fingerprint density at radius 3 is 2.27 bits per heavy atom. The lowest BCUT2D eigenvalue weighted by Crippen LogP contribution is -2.49. The molecule has 1 aliphatic heterocycles. The number of nitrogens with zero attached hydrogens (tertiary/aromatic N) is 4. The summed E-state index contributed by atoms with van der Waals surface area (Å²) in [5, 5.41) is 0. The van der Waals surface area contributed by atoms with Crippen LogP contribution < -0.4 is 9.21 Å². The highest BCUT2D eigenvalue weighted by Crippen LogP contribution is 2.32. The summed E-state index contributed by atoms with van der Waals surface area (Å²) in [6.45, 7) is 4.05. The zero-order valence-electron chi connectivity index (χ0n) is 19.2. The van der Waals surface area contributed by atoms with E-state index < -0.39 is 16.0 Å². The molecule has 0 bridgehead atoms. The van der Waals surface area contributed by atoms with Crippen molar-refractivity contribution in [3.8, 4) is 0 Å². The molecule has 0 unspecified atom stereocenters. The molecule has 1 saturated carbocycles. The Morgan fingerprint density at radius 1 is 1.06 bits per heavy atom. The normalized spacial score (nSPS) is 17.2. The molecule has 0 aromatic heterocycles. The lowest BCUT2D eigenvalue weighted by molar-refractivity contribution is -0.129. The van der Waals surface area contributed by atoms with Crippen LogP contribution in [-0.2, 0) is 21.5 Å². The third-order valence-corrected chi connectivity index (χ3v) is 8.62. The number of piperazine rings is 1. The molecule has 2 fully saturated rings. The minimum Gasteiger partial charge on any atom is -0.368 e. The van der Waals surface area contributed by atoms with Crippen LogP contribution in [0.2, 0.25) is 0 Å². The number of carbonyl (C=O) groups is 1. The molecule has 0 spiro atoms. The highest BCUT2D eigenvalue weighted by Gasteiger charge is 2.37. The van der Waals surface area contributed by atoms with Crippen molar-refractivity contribution in [2.45, 2.75) is 38.8 Å². The van der Waals surface area contributed by atoms with Gasteiger partial charge in [0.05, 0.1) is 5.69 Å². The summed E-state index contributed by atoms with van der Waals surface area (Å²) in [5.74, 6) is -0.364. The van der Waals surface area contributed by atoms with Crippen LogP contribution in [0.25, 0.3) is 0 Å². The average molecular weight is 475 g/mol. The van der Waals surface area contributed by atoms with Gasteiger partial charge in [-0.15, -0.1) is 0 Å². The summed E-state index contributed by atoms with van der Waals surface area (Å²) in [5.41, 5.74) is 1.68. The molecular formula is C24H31FN4O3S. The molecule has 1 amide bonds. The second-order valence-electron chi connectivity index (χ2n) is 8.71. The van der Waals surface area contributed by atoms with Crippen molar-refractivity contribution in [3.63, 3.8) is 0 Å². The first-order chi connectivity index (χ1) is 15.8. The first-order valence-electron chi connectivity index (χ1n) is 11.4. The van der Waals surface area contributed by atoms with Crippen LogP contribution in [-0.4, -0.2) is 62.8 Å². The molecule has 7 nitrogen and oxygen atoms in total. The zero-order valence-corrected chi connectivity index (χ0v) is 20.0. The van der Waals surface area contributed by atoms with Gasteiger partial charge in [-0.25, -0.2) is 4.39 Å². The number of para-hydroxylation sites is 1. The Labute approximate surface area is 195 Å². The van der Waals surface area contributed by atoms with Crippen LogP contribution in [0, 0.1) is 5.82 Å². The van der Waals surface area contributed by atoms with E-state index in [4.69, 9.17) is 0 Å². The van der Waals surface area contributed by atoms with E-state index in [9.17, 15) is 13.2 Å². The van der Waals surface area contributed by atoms with E-state index >= 15 is 4.39 Å². The average Bonchev–Trinajstić information content (AvgIpc) is 2.78. The minimum absolute atomic E-state index is 0.00555. The molecule has 9 heteroatoms. The molecule has 1 saturated heterocycles. The number of rotatable bonds is 7. The maximum absolute atomic E-state index is 15.1. The predicted molar refractivity (Wildman–Crippen MR) is 128 cm³/mol. The van der Waals surface area contributed by atoms with Gasteiger partial charge in [0.15, 0.2) is 0 Å². The van der Waals surface area contributed by atoms with E-state index in [0.717, 1.165) is 24.9 Å². The van der Waals surface area contributed by atoms with Crippen molar-refractivity contribution in [1.29, 1.82) is 0 Å². The van der Waals surface area contributed by atoms with E-state index in [1.807, 2.05) is 12.1 Å². The summed E-state index contributed by atoms with van der Waals surface area (Å²) < 4.78 is 44.8. The fourth-order valence-electron chi connectivity index (χ4n) is 4.31. The molecule has 2 aromatic rings. The van der Waals surface area contributed by atoms with Gasteiger partial charge < -0.3 is 9.80 Å². The second-order valence-corrected chi connectivity index (χ2v) is 10.6. The number of hydrogen-bond acceptors (Lipinski definition) is 4. The van der Waals surface area contributed by atoms with E-state index in [-0.39, 0.29) is 18.5 Å². The van der Waals surface area contributed by atoms with Crippen molar-refractivity contribution >= 4 is 27.5 Å². The molecule has 0 N–H and O–H groups in total. The van der Waals surface area contributed by atoms with Gasteiger partial charge >= 0.3 is 10.2 Å². The van der Waals surface area contributed by atoms with E-state index in [2.05, 4.69) is 4.90 Å². The molecule has 4 rings (SSSR count). The molecule has 1 heterocycles. The van der Waals surface area contributed by atoms with Crippen LogP contribution in [0.3, 0.4) is 0 Å². The topological polar surface area (TPSA) is 64.2 Å². The van der Waals surface area contributed by atoms with Crippen molar-refractivity contribution in [2.75, 3.05) is 42.4 Å². The van der Waals surface area contributed by atoms with Crippen molar-refractivity contribution in [2.24, 2.45) is 0 Å². The largest absolute Gasteiger partial charge is 0.368 e. The molecule has 2 aromatic carbocycles. The molecule has 0 radical (unpaired) electrons. The predicted octanol–water partition coefficient (Wildman–Crippen LogP) is 3.23. The number of anilines is 2. The van der Waals surface area contributed by atoms with Crippen LogP contribution in [0.4, 0.5) is 15.8 Å². The summed E-state index contributed by atoms with van der Waals surface area (Å²) >= 11 is 0. The molecule has 0 atom stereocenters. The van der Waals surface area contributed by atoms with Gasteiger partial charge in [-0.2, -0.15) is 12.7 Å². The highest BCUT2D eigenvalue weighted by molar-refractivity contribution is 7.90. The monoisotopic (exact) mass is 474 g/mol. The lowest BCUT2D eigenvalue weighted by atomic mass is 9.93. The maximum atomic E-state index is 15.1. The van der Waals surface area contributed by atoms with Crippen LogP contribution in [0.1, 0.15) is 31.7 Å². The van der Waals surface area contributed by atoms with Gasteiger partial charge in [0.2, 0.25) is 5.91 Å². The summed E-state index contributed by atoms with van der Waals surface area (Å²) in [7, 11) is -2.28. The van der Waals surface area contributed by atoms with Crippen LogP contribution in [0.15, 0.2) is 48.5 Å². The molecular weight excluding hydrogens is 443 g/mol. The molecule has 2 aliphatic rings. The van der Waals surface area contributed by atoms with E-state index in [1.54, 1.807) is 42.2 Å². The van der Waals surface area contributed by atoms with Crippen molar-refractivity contribution in [3.05, 3.63) is 59.9 Å². The number of hydrogen-bond donors (Lipinski definition) is 0. The van der Waals surface area contributed by atoms with Gasteiger partial charge in [-0.05, 0) is 37.1 Å². The third kappa shape index (κ3) is 4.99.